The van der Waals surface area contributed by atoms with Gasteiger partial charge in [0.2, 0.25) is 10.0 Å². The molecule has 0 heterocycles. The van der Waals surface area contributed by atoms with Crippen LogP contribution in [0.3, 0.4) is 0 Å². The van der Waals surface area contributed by atoms with Crippen LogP contribution < -0.4 is 10.5 Å². The van der Waals surface area contributed by atoms with Crippen LogP contribution in [-0.2, 0) is 19.6 Å². The lowest BCUT2D eigenvalue weighted by molar-refractivity contribution is -0.140. The van der Waals surface area contributed by atoms with Crippen molar-refractivity contribution in [3.8, 4) is 0 Å². The number of nitrogens with two attached hydrogens (primary N) is 1. The number of carbonyl (C=O) groups excluding carboxylic acids is 1. The highest BCUT2D eigenvalue weighted by Crippen LogP contribution is 2.26. The van der Waals surface area contributed by atoms with E-state index in [1.165, 1.54) is 13.2 Å². The van der Waals surface area contributed by atoms with Gasteiger partial charge in [-0.3, -0.25) is 4.79 Å². The van der Waals surface area contributed by atoms with E-state index in [0.717, 1.165) is 0 Å². The van der Waals surface area contributed by atoms with Crippen molar-refractivity contribution < 1.29 is 17.9 Å². The molecule has 0 atom stereocenters. The largest absolute Gasteiger partial charge is 0.469 e. The second-order valence-corrected chi connectivity index (χ2v) is 6.45. The fourth-order valence-electron chi connectivity index (χ4n) is 1.43. The number of carbonyl (C=O) groups is 1. The zero-order chi connectivity index (χ0) is 14.6. The fraction of sp³-hybridized carbons (Fsp3) is 0.364. The Labute approximate surface area is 120 Å². The van der Waals surface area contributed by atoms with Gasteiger partial charge in [0.15, 0.2) is 0 Å². The lowest BCUT2D eigenvalue weighted by Crippen LogP contribution is -2.27. The molecule has 0 aromatic heterocycles. The molecule has 1 aromatic rings. The van der Waals surface area contributed by atoms with Crippen LogP contribution in [0.2, 0.25) is 0 Å². The first-order valence-electron chi connectivity index (χ1n) is 5.40. The minimum absolute atomic E-state index is 0.0234. The Balaban J connectivity index is 2.89. The summed E-state index contributed by atoms with van der Waals surface area (Å²) in [5.41, 5.74) is 6.57. The molecule has 0 unspecified atom stereocenters. The standard InChI is InChI=1S/C11H15BrN2O4S/c1-7-5-8(12)9(13)6-10(7)19(16,17)14-4-3-11(15)18-2/h5-6,14H,3-4,13H2,1-2H3. The molecular weight excluding hydrogens is 336 g/mol. The molecule has 0 radical (unpaired) electrons. The van der Waals surface area contributed by atoms with Crippen molar-refractivity contribution in [2.45, 2.75) is 18.2 Å². The first kappa shape index (κ1) is 15.9. The number of methoxy groups -OCH3 is 1. The number of aryl methyl sites for hydroxylation is 1. The van der Waals surface area contributed by atoms with Gasteiger partial charge in [-0.05, 0) is 40.5 Å². The van der Waals surface area contributed by atoms with Crippen molar-refractivity contribution in [3.05, 3.63) is 22.2 Å². The molecular formula is C11H15BrN2O4S. The first-order valence-corrected chi connectivity index (χ1v) is 7.67. The second kappa shape index (κ2) is 6.36. The van der Waals surface area contributed by atoms with Gasteiger partial charge in [0.05, 0.1) is 18.4 Å². The summed E-state index contributed by atoms with van der Waals surface area (Å²) >= 11 is 3.23. The Bertz CT molecular complexity index is 587. The first-order chi connectivity index (χ1) is 8.77. The quantitative estimate of drug-likeness (QED) is 0.613. The average Bonchev–Trinajstić information content (AvgIpc) is 2.33. The van der Waals surface area contributed by atoms with E-state index in [4.69, 9.17) is 5.73 Å². The van der Waals surface area contributed by atoms with Crippen LogP contribution in [0.4, 0.5) is 5.69 Å². The molecule has 0 spiro atoms. The van der Waals surface area contributed by atoms with Crippen LogP contribution in [0.25, 0.3) is 0 Å². The molecule has 8 heteroatoms. The van der Waals surface area contributed by atoms with Gasteiger partial charge in [-0.15, -0.1) is 0 Å². The Hall–Kier alpha value is -1.12. The minimum atomic E-state index is -3.69. The van der Waals surface area contributed by atoms with Gasteiger partial charge >= 0.3 is 5.97 Å². The van der Waals surface area contributed by atoms with Gasteiger partial charge in [-0.25, -0.2) is 13.1 Å². The highest BCUT2D eigenvalue weighted by atomic mass is 79.9. The Morgan fingerprint density at radius 1 is 1.47 bits per heavy atom. The van der Waals surface area contributed by atoms with Crippen molar-refractivity contribution in [1.29, 1.82) is 0 Å². The van der Waals surface area contributed by atoms with Crippen LogP contribution in [-0.4, -0.2) is 28.0 Å². The lowest BCUT2D eigenvalue weighted by Gasteiger charge is -2.10. The summed E-state index contributed by atoms with van der Waals surface area (Å²) in [7, 11) is -2.45. The van der Waals surface area contributed by atoms with Crippen molar-refractivity contribution >= 4 is 37.6 Å². The molecule has 1 rings (SSSR count). The van der Waals surface area contributed by atoms with E-state index in [-0.39, 0.29) is 17.9 Å². The van der Waals surface area contributed by atoms with E-state index in [0.29, 0.717) is 15.7 Å². The van der Waals surface area contributed by atoms with Gasteiger partial charge in [0, 0.05) is 16.7 Å². The number of nitrogen functional groups attached to an aromatic ring is 1. The zero-order valence-corrected chi connectivity index (χ0v) is 13.0. The maximum Gasteiger partial charge on any atom is 0.306 e. The Morgan fingerprint density at radius 2 is 2.11 bits per heavy atom. The van der Waals surface area contributed by atoms with Crippen LogP contribution in [0, 0.1) is 6.92 Å². The Kier molecular flexibility index (Phi) is 5.33. The third-order valence-corrected chi connectivity index (χ3v) is 4.72. The number of esters is 1. The lowest BCUT2D eigenvalue weighted by atomic mass is 10.2. The molecule has 0 saturated heterocycles. The maximum atomic E-state index is 12.1. The van der Waals surface area contributed by atoms with Gasteiger partial charge in [-0.2, -0.15) is 0 Å². The monoisotopic (exact) mass is 350 g/mol. The van der Waals surface area contributed by atoms with E-state index in [9.17, 15) is 13.2 Å². The number of anilines is 1. The summed E-state index contributed by atoms with van der Waals surface area (Å²) in [6.07, 6.45) is -0.0270. The second-order valence-electron chi connectivity index (χ2n) is 3.86. The van der Waals surface area contributed by atoms with E-state index in [1.807, 2.05) is 0 Å². The molecule has 0 aliphatic rings. The number of halogens is 1. The molecule has 0 saturated carbocycles. The molecule has 3 N–H and O–H groups in total. The number of nitrogens with one attached hydrogen (secondary N) is 1. The minimum Gasteiger partial charge on any atom is -0.469 e. The molecule has 0 fully saturated rings. The maximum absolute atomic E-state index is 12.1. The number of benzene rings is 1. The van der Waals surface area contributed by atoms with Crippen molar-refractivity contribution in [2.24, 2.45) is 0 Å². The van der Waals surface area contributed by atoms with Crippen LogP contribution >= 0.6 is 15.9 Å². The molecule has 1 aromatic carbocycles. The van der Waals surface area contributed by atoms with Gasteiger partial charge in [0.25, 0.3) is 0 Å². The van der Waals surface area contributed by atoms with Crippen LogP contribution in [0.5, 0.6) is 0 Å². The summed E-state index contributed by atoms with van der Waals surface area (Å²) in [4.78, 5) is 11.0. The molecule has 6 nitrogen and oxygen atoms in total. The molecule has 0 amide bonds. The number of hydrogen-bond acceptors (Lipinski definition) is 5. The van der Waals surface area contributed by atoms with Crippen molar-refractivity contribution in [1.82, 2.24) is 4.72 Å². The molecule has 0 aliphatic heterocycles. The van der Waals surface area contributed by atoms with E-state index in [1.54, 1.807) is 13.0 Å². The van der Waals surface area contributed by atoms with Crippen molar-refractivity contribution in [3.63, 3.8) is 0 Å². The SMILES string of the molecule is COC(=O)CCNS(=O)(=O)c1cc(N)c(Br)cc1C. The summed E-state index contributed by atoms with van der Waals surface area (Å²) in [6.45, 7) is 1.64. The van der Waals surface area contributed by atoms with Crippen LogP contribution in [0.1, 0.15) is 12.0 Å². The number of sulfonamides is 1. The summed E-state index contributed by atoms with van der Waals surface area (Å²) in [6, 6.07) is 3.00. The Morgan fingerprint density at radius 3 is 2.68 bits per heavy atom. The fourth-order valence-corrected chi connectivity index (χ4v) is 3.17. The highest BCUT2D eigenvalue weighted by Gasteiger charge is 2.18. The van der Waals surface area contributed by atoms with Crippen molar-refractivity contribution in [2.75, 3.05) is 19.4 Å². The predicted octanol–water partition coefficient (Wildman–Crippen LogP) is 1.18. The number of ether oxygens (including phenoxy) is 1. The average molecular weight is 351 g/mol. The predicted molar refractivity (Wildman–Crippen MR) is 75.1 cm³/mol. The summed E-state index contributed by atoms with van der Waals surface area (Å²) < 4.78 is 31.5. The zero-order valence-electron chi connectivity index (χ0n) is 10.6. The van der Waals surface area contributed by atoms with E-state index >= 15 is 0 Å². The number of hydrogen-bond donors (Lipinski definition) is 2. The van der Waals surface area contributed by atoms with E-state index < -0.39 is 16.0 Å². The summed E-state index contributed by atoms with van der Waals surface area (Å²) in [5.74, 6) is -0.477. The molecule has 106 valence electrons. The highest BCUT2D eigenvalue weighted by molar-refractivity contribution is 9.10. The summed E-state index contributed by atoms with van der Waals surface area (Å²) in [5, 5.41) is 0. The third-order valence-electron chi connectivity index (χ3n) is 2.43. The number of rotatable bonds is 5. The molecule has 0 bridgehead atoms. The molecule has 0 aliphatic carbocycles. The van der Waals surface area contributed by atoms with Gasteiger partial charge in [0.1, 0.15) is 0 Å². The van der Waals surface area contributed by atoms with Crippen LogP contribution in [0.15, 0.2) is 21.5 Å². The third kappa shape index (κ3) is 4.19. The van der Waals surface area contributed by atoms with E-state index in [2.05, 4.69) is 25.4 Å². The van der Waals surface area contributed by atoms with Gasteiger partial charge < -0.3 is 10.5 Å². The molecule has 19 heavy (non-hydrogen) atoms. The van der Waals surface area contributed by atoms with Gasteiger partial charge in [-0.1, -0.05) is 0 Å². The topological polar surface area (TPSA) is 98.5 Å². The normalized spacial score (nSPS) is 11.3. The smallest absolute Gasteiger partial charge is 0.306 e.